The predicted octanol–water partition coefficient (Wildman–Crippen LogP) is 0.297. The monoisotopic (exact) mass is 462 g/mol. The third kappa shape index (κ3) is 9.17. The Hall–Kier alpha value is -3.64. The maximum absolute atomic E-state index is 11.3. The lowest BCUT2D eigenvalue weighted by Gasteiger charge is -2.26. The van der Waals surface area contributed by atoms with E-state index in [-0.39, 0.29) is 37.6 Å². The summed E-state index contributed by atoms with van der Waals surface area (Å²) in [6, 6.07) is 4.09. The number of hydrogen-bond acceptors (Lipinski definition) is 8. The molecule has 4 N–H and O–H groups in total. The number of aliphatic carboxylic acids is 3. The molecule has 2 rings (SSSR count). The van der Waals surface area contributed by atoms with Crippen LogP contribution in [-0.2, 0) is 20.9 Å². The van der Waals surface area contributed by atoms with Gasteiger partial charge in [0.1, 0.15) is 11.4 Å². The van der Waals surface area contributed by atoms with Crippen LogP contribution in [0.3, 0.4) is 0 Å². The smallest absolute Gasteiger partial charge is 0.354 e. The highest BCUT2D eigenvalue weighted by molar-refractivity contribution is 6.40. The van der Waals surface area contributed by atoms with Crippen LogP contribution in [0.1, 0.15) is 29.0 Å². The molecule has 0 aliphatic carbocycles. The lowest BCUT2D eigenvalue weighted by molar-refractivity contribution is -0.139. The molecule has 0 saturated heterocycles. The minimum Gasteiger partial charge on any atom is -0.480 e. The highest BCUT2D eigenvalue weighted by atomic mass is 16.4. The molecule has 1 atom stereocenters. The van der Waals surface area contributed by atoms with Gasteiger partial charge in [0.2, 0.25) is 0 Å². The summed E-state index contributed by atoms with van der Waals surface area (Å²) in [6.07, 6.45) is 4.02. The quantitative estimate of drug-likeness (QED) is 0.298. The van der Waals surface area contributed by atoms with E-state index in [1.54, 1.807) is 21.9 Å². The van der Waals surface area contributed by atoms with Gasteiger partial charge in [-0.2, -0.15) is 0 Å². The van der Waals surface area contributed by atoms with Crippen LogP contribution in [0, 0.1) is 0 Å². The van der Waals surface area contributed by atoms with Gasteiger partial charge in [-0.25, -0.2) is 14.6 Å². The number of hydrogen-bond donors (Lipinski definition) is 4. The molecule has 1 aromatic heterocycles. The Morgan fingerprint density at radius 2 is 1.61 bits per heavy atom. The van der Waals surface area contributed by atoms with Crippen LogP contribution < -0.4 is 0 Å². The summed E-state index contributed by atoms with van der Waals surface area (Å²) < 4.78 is 0. The standard InChI is InChI=1S/C21H26N4O8/c26-18(27)12-24(10-14-4-1-6-16(22-14)20(30)31)8-3-9-25(13-19(28)29)11-15-5-2-7-17(23-15)21(32)33/h1-2,4,6-7,15H,3,5,8-13H2,(H,26,27)(H,28,29)(H,30,31)(H,32,33). The Bertz CT molecular complexity index is 946. The lowest BCUT2D eigenvalue weighted by Crippen LogP contribution is -2.39. The third-order valence-corrected chi connectivity index (χ3v) is 4.77. The van der Waals surface area contributed by atoms with Gasteiger partial charge in [-0.05, 0) is 31.1 Å². The number of carbonyl (C=O) groups is 4. The van der Waals surface area contributed by atoms with E-state index < -0.39 is 29.9 Å². The Labute approximate surface area is 189 Å². The molecule has 1 aliphatic rings. The molecule has 12 heteroatoms. The number of carboxylic acids is 4. The molecular formula is C21H26N4O8. The molecule has 12 nitrogen and oxygen atoms in total. The zero-order valence-corrected chi connectivity index (χ0v) is 17.8. The molecule has 0 saturated carbocycles. The summed E-state index contributed by atoms with van der Waals surface area (Å²) >= 11 is 0. The van der Waals surface area contributed by atoms with Gasteiger partial charge in [0, 0.05) is 26.2 Å². The Kier molecular flexibility index (Phi) is 9.63. The average Bonchev–Trinajstić information content (AvgIpc) is 2.73. The van der Waals surface area contributed by atoms with Gasteiger partial charge < -0.3 is 20.4 Å². The fourth-order valence-corrected chi connectivity index (χ4v) is 3.43. The van der Waals surface area contributed by atoms with Crippen LogP contribution in [0.15, 0.2) is 35.3 Å². The van der Waals surface area contributed by atoms with Gasteiger partial charge in [-0.1, -0.05) is 12.1 Å². The molecule has 33 heavy (non-hydrogen) atoms. The summed E-state index contributed by atoms with van der Waals surface area (Å²) in [7, 11) is 0. The Morgan fingerprint density at radius 3 is 2.24 bits per heavy atom. The van der Waals surface area contributed by atoms with Crippen molar-refractivity contribution in [3.8, 4) is 0 Å². The van der Waals surface area contributed by atoms with E-state index in [2.05, 4.69) is 9.98 Å². The van der Waals surface area contributed by atoms with E-state index in [0.717, 1.165) is 0 Å². The number of carboxylic acid groups (broad SMARTS) is 4. The summed E-state index contributed by atoms with van der Waals surface area (Å²) in [5, 5.41) is 36.6. The molecule has 1 aliphatic heterocycles. The molecule has 0 spiro atoms. The van der Waals surface area contributed by atoms with E-state index in [1.807, 2.05) is 0 Å². The lowest BCUT2D eigenvalue weighted by atomic mass is 10.1. The van der Waals surface area contributed by atoms with E-state index in [1.165, 1.54) is 18.2 Å². The Morgan fingerprint density at radius 1 is 0.939 bits per heavy atom. The summed E-state index contributed by atoms with van der Waals surface area (Å²) in [5.41, 5.74) is 0.187. The fraction of sp³-hybridized carbons (Fsp3) is 0.429. The first-order valence-electron chi connectivity index (χ1n) is 10.2. The van der Waals surface area contributed by atoms with Crippen molar-refractivity contribution >= 4 is 29.6 Å². The van der Waals surface area contributed by atoms with Crippen molar-refractivity contribution in [3.63, 3.8) is 0 Å². The first kappa shape index (κ1) is 25.6. The SMILES string of the molecule is O=C(O)CN(CCCN(CC(=O)O)CC1CC=CC(C(=O)O)=N1)Cc1cccc(C(=O)O)n1. The molecule has 0 radical (unpaired) electrons. The van der Waals surface area contributed by atoms with Crippen molar-refractivity contribution in [1.82, 2.24) is 14.8 Å². The number of nitrogens with zero attached hydrogens (tertiary/aromatic N) is 4. The molecule has 0 aromatic carbocycles. The normalized spacial score (nSPS) is 15.5. The van der Waals surface area contributed by atoms with Crippen LogP contribution in [0.4, 0.5) is 0 Å². The van der Waals surface area contributed by atoms with E-state index >= 15 is 0 Å². The average molecular weight is 462 g/mol. The highest BCUT2D eigenvalue weighted by Crippen LogP contribution is 2.11. The van der Waals surface area contributed by atoms with E-state index in [0.29, 0.717) is 31.6 Å². The molecule has 0 fully saturated rings. The van der Waals surface area contributed by atoms with Gasteiger partial charge in [0.05, 0.1) is 24.8 Å². The minimum atomic E-state index is -1.18. The zero-order chi connectivity index (χ0) is 24.4. The van der Waals surface area contributed by atoms with Gasteiger partial charge >= 0.3 is 23.9 Å². The highest BCUT2D eigenvalue weighted by Gasteiger charge is 2.20. The molecule has 1 aromatic rings. The number of rotatable bonds is 14. The topological polar surface area (TPSA) is 181 Å². The summed E-state index contributed by atoms with van der Waals surface area (Å²) in [5.74, 6) is -4.43. The van der Waals surface area contributed by atoms with Gasteiger partial charge in [0.25, 0.3) is 0 Å². The van der Waals surface area contributed by atoms with Crippen LogP contribution in [0.5, 0.6) is 0 Å². The second kappa shape index (κ2) is 12.4. The van der Waals surface area contributed by atoms with Crippen LogP contribution in [0.25, 0.3) is 0 Å². The molecule has 0 bridgehead atoms. The van der Waals surface area contributed by atoms with Crippen molar-refractivity contribution in [1.29, 1.82) is 0 Å². The third-order valence-electron chi connectivity index (χ3n) is 4.77. The summed E-state index contributed by atoms with van der Waals surface area (Å²) in [4.78, 5) is 56.1. The first-order valence-corrected chi connectivity index (χ1v) is 10.2. The zero-order valence-electron chi connectivity index (χ0n) is 17.8. The second-order valence-corrected chi connectivity index (χ2v) is 7.52. The van der Waals surface area contributed by atoms with Crippen molar-refractivity contribution in [2.45, 2.75) is 25.4 Å². The molecular weight excluding hydrogens is 436 g/mol. The maximum Gasteiger partial charge on any atom is 0.354 e. The summed E-state index contributed by atoms with van der Waals surface area (Å²) in [6.45, 7) is 0.427. The maximum atomic E-state index is 11.3. The number of pyridine rings is 1. The van der Waals surface area contributed by atoms with Crippen LogP contribution >= 0.6 is 0 Å². The number of dihydropyridines is 1. The van der Waals surface area contributed by atoms with E-state index in [4.69, 9.17) is 10.2 Å². The van der Waals surface area contributed by atoms with Crippen molar-refractivity contribution in [2.24, 2.45) is 4.99 Å². The van der Waals surface area contributed by atoms with E-state index in [9.17, 15) is 29.4 Å². The predicted molar refractivity (Wildman–Crippen MR) is 115 cm³/mol. The molecule has 1 unspecified atom stereocenters. The van der Waals surface area contributed by atoms with Crippen LogP contribution in [0.2, 0.25) is 0 Å². The number of aromatic carboxylic acids is 1. The number of aliphatic imine (C=N–C) groups is 1. The molecule has 178 valence electrons. The minimum absolute atomic E-state index is 0.0785. The van der Waals surface area contributed by atoms with Crippen molar-refractivity contribution in [2.75, 3.05) is 32.7 Å². The Balaban J connectivity index is 1.99. The largest absolute Gasteiger partial charge is 0.480 e. The van der Waals surface area contributed by atoms with Gasteiger partial charge in [-0.3, -0.25) is 24.4 Å². The number of aromatic nitrogens is 1. The van der Waals surface area contributed by atoms with Gasteiger partial charge in [0.15, 0.2) is 0 Å². The molecule has 2 heterocycles. The van der Waals surface area contributed by atoms with Crippen molar-refractivity contribution < 1.29 is 39.6 Å². The fourth-order valence-electron chi connectivity index (χ4n) is 3.43. The second-order valence-electron chi connectivity index (χ2n) is 7.52. The molecule has 0 amide bonds. The van der Waals surface area contributed by atoms with Crippen molar-refractivity contribution in [3.05, 3.63) is 41.7 Å². The van der Waals surface area contributed by atoms with Crippen LogP contribution in [-0.4, -0.2) is 104 Å². The first-order chi connectivity index (χ1) is 15.6. The van der Waals surface area contributed by atoms with Gasteiger partial charge in [-0.15, -0.1) is 0 Å².